The Morgan fingerprint density at radius 2 is 1.95 bits per heavy atom. The van der Waals surface area contributed by atoms with E-state index in [0.717, 1.165) is 0 Å². The number of hydrogen-bond donors (Lipinski definition) is 2. The van der Waals surface area contributed by atoms with E-state index in [2.05, 4.69) is 9.46 Å². The Kier molecular flexibility index (Phi) is 5.31. The number of rotatable bonds is 6. The van der Waals surface area contributed by atoms with Gasteiger partial charge in [0.15, 0.2) is 5.75 Å². The van der Waals surface area contributed by atoms with Gasteiger partial charge in [0.1, 0.15) is 0 Å². The highest BCUT2D eigenvalue weighted by atomic mass is 32.2. The zero-order chi connectivity index (χ0) is 14.5. The van der Waals surface area contributed by atoms with Crippen LogP contribution in [0.4, 0.5) is 5.69 Å². The summed E-state index contributed by atoms with van der Waals surface area (Å²) >= 11 is 0. The van der Waals surface area contributed by atoms with Gasteiger partial charge in [-0.25, -0.2) is 8.42 Å². The molecule has 0 heterocycles. The predicted octanol–water partition coefficient (Wildman–Crippen LogP) is 1.04. The second-order valence-corrected chi connectivity index (χ2v) is 5.69. The monoisotopic (exact) mass is 287 g/mol. The van der Waals surface area contributed by atoms with Gasteiger partial charge >= 0.3 is 5.97 Å². The minimum atomic E-state index is -3.78. The van der Waals surface area contributed by atoms with Gasteiger partial charge in [0, 0.05) is 5.69 Å². The summed E-state index contributed by atoms with van der Waals surface area (Å²) in [5.41, 5.74) is 1.00. The van der Waals surface area contributed by atoms with Crippen LogP contribution in [0.15, 0.2) is 24.3 Å². The average molecular weight is 287 g/mol. The van der Waals surface area contributed by atoms with Crippen molar-refractivity contribution in [3.05, 3.63) is 29.8 Å². The summed E-state index contributed by atoms with van der Waals surface area (Å²) in [5, 5.41) is 9.33. The number of benzene rings is 1. The lowest BCUT2D eigenvalue weighted by Crippen LogP contribution is -2.24. The molecule has 0 saturated heterocycles. The van der Waals surface area contributed by atoms with E-state index < -0.39 is 27.8 Å². The number of aliphatic hydroxyl groups is 1. The molecule has 0 amide bonds. The van der Waals surface area contributed by atoms with Crippen LogP contribution in [-0.2, 0) is 19.6 Å². The van der Waals surface area contributed by atoms with Crippen LogP contribution in [0.25, 0.3) is 0 Å². The maximum absolute atomic E-state index is 11.6. The highest BCUT2D eigenvalue weighted by Crippen LogP contribution is 2.16. The maximum atomic E-state index is 11.6. The van der Waals surface area contributed by atoms with Gasteiger partial charge < -0.3 is 9.84 Å². The van der Waals surface area contributed by atoms with Crippen molar-refractivity contribution in [3.63, 3.8) is 0 Å². The molecule has 1 aromatic rings. The number of carbonyl (C=O) groups excluding carboxylic acids is 1. The number of esters is 1. The van der Waals surface area contributed by atoms with Crippen LogP contribution in [0, 0.1) is 0 Å². The first-order chi connectivity index (χ1) is 8.84. The highest BCUT2D eigenvalue weighted by molar-refractivity contribution is 7.93. The third-order valence-corrected chi connectivity index (χ3v) is 3.44. The summed E-state index contributed by atoms with van der Waals surface area (Å²) in [6, 6.07) is 6.25. The summed E-state index contributed by atoms with van der Waals surface area (Å²) in [7, 11) is -3.78. The number of nitrogens with one attached hydrogen (secondary N) is 1. The lowest BCUT2D eigenvalue weighted by Gasteiger charge is -2.09. The molecule has 1 rings (SSSR count). The van der Waals surface area contributed by atoms with E-state index in [9.17, 15) is 18.3 Å². The van der Waals surface area contributed by atoms with Gasteiger partial charge in [-0.05, 0) is 31.5 Å². The molecule has 106 valence electrons. The average Bonchev–Trinajstić information content (AvgIpc) is 2.28. The van der Waals surface area contributed by atoms with Gasteiger partial charge in [-0.15, -0.1) is 0 Å². The van der Waals surface area contributed by atoms with Crippen LogP contribution in [-0.4, -0.2) is 31.9 Å². The van der Waals surface area contributed by atoms with Gasteiger partial charge in [-0.3, -0.25) is 9.52 Å². The molecule has 0 aliphatic heterocycles. The Bertz CT molecular complexity index is 522. The van der Waals surface area contributed by atoms with Crippen LogP contribution in [0.2, 0.25) is 0 Å². The zero-order valence-electron chi connectivity index (χ0n) is 10.8. The minimum Gasteiger partial charge on any atom is -0.465 e. The Balaban J connectivity index is 2.70. The lowest BCUT2D eigenvalue weighted by atomic mass is 10.1. The largest absolute Gasteiger partial charge is 0.465 e. The molecule has 0 saturated carbocycles. The first kappa shape index (κ1) is 15.5. The molecule has 0 aromatic heterocycles. The molecule has 1 atom stereocenters. The van der Waals surface area contributed by atoms with E-state index >= 15 is 0 Å². The van der Waals surface area contributed by atoms with Crippen molar-refractivity contribution in [2.24, 2.45) is 0 Å². The molecular weight excluding hydrogens is 270 g/mol. The lowest BCUT2D eigenvalue weighted by molar-refractivity contribution is -0.139. The molecule has 6 nitrogen and oxygen atoms in total. The normalized spacial score (nSPS) is 12.8. The van der Waals surface area contributed by atoms with Crippen molar-refractivity contribution in [2.45, 2.75) is 20.0 Å². The fraction of sp³-hybridized carbons (Fsp3) is 0.417. The molecule has 0 spiro atoms. The second-order valence-electron chi connectivity index (χ2n) is 3.96. The first-order valence-corrected chi connectivity index (χ1v) is 7.43. The van der Waals surface area contributed by atoms with E-state index in [-0.39, 0.29) is 6.61 Å². The van der Waals surface area contributed by atoms with E-state index in [1.807, 2.05) is 0 Å². The number of anilines is 1. The zero-order valence-corrected chi connectivity index (χ0v) is 11.6. The number of carbonyl (C=O) groups is 1. The van der Waals surface area contributed by atoms with Gasteiger partial charge in [-0.1, -0.05) is 12.1 Å². The van der Waals surface area contributed by atoms with Crippen molar-refractivity contribution in [3.8, 4) is 0 Å². The van der Waals surface area contributed by atoms with Gasteiger partial charge in [0.2, 0.25) is 10.0 Å². The van der Waals surface area contributed by atoms with Crippen LogP contribution < -0.4 is 4.72 Å². The van der Waals surface area contributed by atoms with Crippen LogP contribution >= 0.6 is 0 Å². The van der Waals surface area contributed by atoms with Crippen LogP contribution in [0.3, 0.4) is 0 Å². The summed E-state index contributed by atoms with van der Waals surface area (Å²) in [6.07, 6.45) is -0.620. The fourth-order valence-corrected chi connectivity index (χ4v) is 2.36. The van der Waals surface area contributed by atoms with Crippen molar-refractivity contribution in [2.75, 3.05) is 17.1 Å². The van der Waals surface area contributed by atoms with Crippen molar-refractivity contribution < 1.29 is 23.1 Å². The topological polar surface area (TPSA) is 92.7 Å². The summed E-state index contributed by atoms with van der Waals surface area (Å²) in [6.45, 7) is 3.35. The molecule has 7 heteroatoms. The van der Waals surface area contributed by atoms with Crippen LogP contribution in [0.1, 0.15) is 25.5 Å². The quantitative estimate of drug-likeness (QED) is 0.763. The third-order valence-electron chi connectivity index (χ3n) is 2.28. The Morgan fingerprint density at radius 3 is 2.42 bits per heavy atom. The van der Waals surface area contributed by atoms with Crippen molar-refractivity contribution in [1.29, 1.82) is 0 Å². The smallest absolute Gasteiger partial charge is 0.323 e. The standard InChI is InChI=1S/C12H17NO5S/c1-3-18-12(15)8-19(16,17)13-11-6-4-10(5-7-11)9(2)14/h4-7,9,13-14H,3,8H2,1-2H3. The number of sulfonamides is 1. The van der Waals surface area contributed by atoms with Crippen molar-refractivity contribution >= 4 is 21.7 Å². The molecule has 0 fully saturated rings. The molecule has 19 heavy (non-hydrogen) atoms. The SMILES string of the molecule is CCOC(=O)CS(=O)(=O)Nc1ccc(C(C)O)cc1. The maximum Gasteiger partial charge on any atom is 0.323 e. The van der Waals surface area contributed by atoms with Crippen molar-refractivity contribution in [1.82, 2.24) is 0 Å². The molecule has 0 bridgehead atoms. The first-order valence-electron chi connectivity index (χ1n) is 5.78. The highest BCUT2D eigenvalue weighted by Gasteiger charge is 2.17. The summed E-state index contributed by atoms with van der Waals surface area (Å²) < 4.78 is 30.1. The summed E-state index contributed by atoms with van der Waals surface area (Å²) in [4.78, 5) is 11.1. The van der Waals surface area contributed by atoms with Gasteiger partial charge in [0.25, 0.3) is 0 Å². The van der Waals surface area contributed by atoms with Gasteiger partial charge in [0.05, 0.1) is 12.7 Å². The number of hydrogen-bond acceptors (Lipinski definition) is 5. The molecular formula is C12H17NO5S. The molecule has 0 aliphatic carbocycles. The molecule has 1 unspecified atom stereocenters. The number of ether oxygens (including phenoxy) is 1. The third kappa shape index (κ3) is 5.27. The Labute approximate surface area is 112 Å². The fourth-order valence-electron chi connectivity index (χ4n) is 1.40. The van der Waals surface area contributed by atoms with Gasteiger partial charge in [-0.2, -0.15) is 0 Å². The van der Waals surface area contributed by atoms with E-state index in [4.69, 9.17) is 0 Å². The Morgan fingerprint density at radius 1 is 1.37 bits per heavy atom. The second kappa shape index (κ2) is 6.53. The van der Waals surface area contributed by atoms with Crippen LogP contribution in [0.5, 0.6) is 0 Å². The molecule has 1 aromatic carbocycles. The van der Waals surface area contributed by atoms with E-state index in [0.29, 0.717) is 11.3 Å². The van der Waals surface area contributed by atoms with E-state index in [1.54, 1.807) is 26.0 Å². The predicted molar refractivity (Wildman–Crippen MR) is 71.1 cm³/mol. The molecule has 0 aliphatic rings. The molecule has 0 radical (unpaired) electrons. The summed E-state index contributed by atoms with van der Waals surface area (Å²) in [5.74, 6) is -1.52. The Hall–Kier alpha value is -1.60. The van der Waals surface area contributed by atoms with E-state index in [1.165, 1.54) is 12.1 Å². The molecule has 2 N–H and O–H groups in total. The minimum absolute atomic E-state index is 0.136. The number of aliphatic hydroxyl groups excluding tert-OH is 1.